The molecule has 20 heavy (non-hydrogen) atoms. The zero-order valence-corrected chi connectivity index (χ0v) is 12.5. The molecule has 114 valence electrons. The lowest BCUT2D eigenvalue weighted by molar-refractivity contribution is -0.150. The van der Waals surface area contributed by atoms with E-state index in [1.54, 1.807) is 20.8 Å². The Bertz CT molecular complexity index is 404. The molecule has 0 radical (unpaired) electrons. The summed E-state index contributed by atoms with van der Waals surface area (Å²) in [5, 5.41) is 9.12. The molecule has 1 amide bonds. The summed E-state index contributed by atoms with van der Waals surface area (Å²) in [6, 6.07) is 0. The van der Waals surface area contributed by atoms with Gasteiger partial charge in [0.1, 0.15) is 6.54 Å². The number of esters is 1. The van der Waals surface area contributed by atoms with Crippen LogP contribution < -0.4 is 0 Å². The number of carbonyl (C=O) groups excluding carboxylic acids is 2. The second-order valence-electron chi connectivity index (χ2n) is 5.68. The lowest BCUT2D eigenvalue weighted by Crippen LogP contribution is -2.39. The number of nitrogens with zero attached hydrogens (tertiary/aromatic N) is 1. The van der Waals surface area contributed by atoms with Crippen molar-refractivity contribution < 1.29 is 24.2 Å². The van der Waals surface area contributed by atoms with Crippen LogP contribution in [0.4, 0.5) is 0 Å². The number of amides is 1. The molecule has 0 spiro atoms. The van der Waals surface area contributed by atoms with E-state index >= 15 is 0 Å². The molecule has 0 bridgehead atoms. The summed E-state index contributed by atoms with van der Waals surface area (Å²) < 4.78 is 4.85. The monoisotopic (exact) mass is 285 g/mol. The van der Waals surface area contributed by atoms with Gasteiger partial charge in [-0.1, -0.05) is 20.8 Å². The first-order chi connectivity index (χ1) is 9.27. The molecule has 1 aliphatic rings. The maximum atomic E-state index is 12.4. The van der Waals surface area contributed by atoms with Gasteiger partial charge in [0, 0.05) is 6.54 Å². The molecule has 1 saturated carbocycles. The third-order valence-electron chi connectivity index (χ3n) is 3.79. The minimum atomic E-state index is -0.957. The summed E-state index contributed by atoms with van der Waals surface area (Å²) in [7, 11) is 0. The quantitative estimate of drug-likeness (QED) is 0.709. The van der Waals surface area contributed by atoms with Crippen LogP contribution in [0.15, 0.2) is 0 Å². The number of aliphatic carboxylic acids is 1. The van der Waals surface area contributed by atoms with E-state index in [2.05, 4.69) is 0 Å². The standard InChI is InChI=1S/C14H23NO5/c1-5-7-15(8-9(16)20-6-2)12(17)10-11(13(18)19)14(10,3)4/h10-11H,5-8H2,1-4H3,(H,18,19). The molecule has 6 heteroatoms. The summed E-state index contributed by atoms with van der Waals surface area (Å²) in [5.74, 6) is -2.91. The molecule has 0 aromatic carbocycles. The Hall–Kier alpha value is -1.59. The molecule has 0 aromatic heterocycles. The molecular weight excluding hydrogens is 262 g/mol. The van der Waals surface area contributed by atoms with Gasteiger partial charge < -0.3 is 14.7 Å². The van der Waals surface area contributed by atoms with E-state index in [9.17, 15) is 14.4 Å². The third-order valence-corrected chi connectivity index (χ3v) is 3.79. The van der Waals surface area contributed by atoms with Crippen LogP contribution in [0, 0.1) is 17.3 Å². The van der Waals surface area contributed by atoms with E-state index in [4.69, 9.17) is 9.84 Å². The van der Waals surface area contributed by atoms with E-state index < -0.39 is 29.2 Å². The van der Waals surface area contributed by atoms with Gasteiger partial charge in [-0.2, -0.15) is 0 Å². The van der Waals surface area contributed by atoms with Gasteiger partial charge in [-0.25, -0.2) is 0 Å². The molecule has 0 aliphatic heterocycles. The second kappa shape index (κ2) is 6.24. The number of carboxylic acid groups (broad SMARTS) is 1. The Balaban J connectivity index is 2.75. The number of rotatable bonds is 7. The van der Waals surface area contributed by atoms with Gasteiger partial charge in [0.15, 0.2) is 0 Å². The average molecular weight is 285 g/mol. The fourth-order valence-electron chi connectivity index (χ4n) is 2.66. The minimum absolute atomic E-state index is 0.112. The van der Waals surface area contributed by atoms with E-state index in [0.717, 1.165) is 0 Å². The summed E-state index contributed by atoms with van der Waals surface area (Å²) in [6.45, 7) is 7.72. The zero-order valence-electron chi connectivity index (χ0n) is 12.5. The van der Waals surface area contributed by atoms with Crippen molar-refractivity contribution in [1.82, 2.24) is 4.90 Å². The van der Waals surface area contributed by atoms with Crippen LogP contribution in [0.1, 0.15) is 34.1 Å². The number of hydrogen-bond donors (Lipinski definition) is 1. The van der Waals surface area contributed by atoms with Gasteiger partial charge in [-0.3, -0.25) is 14.4 Å². The molecule has 6 nitrogen and oxygen atoms in total. The number of carboxylic acids is 1. The molecule has 2 unspecified atom stereocenters. The van der Waals surface area contributed by atoms with Crippen LogP contribution in [-0.4, -0.2) is 47.5 Å². The summed E-state index contributed by atoms with van der Waals surface area (Å²) in [4.78, 5) is 36.5. The van der Waals surface area contributed by atoms with Crippen LogP contribution in [0.2, 0.25) is 0 Å². The van der Waals surface area contributed by atoms with Gasteiger partial charge in [-0.15, -0.1) is 0 Å². The van der Waals surface area contributed by atoms with Crippen LogP contribution >= 0.6 is 0 Å². The molecule has 0 saturated heterocycles. The highest BCUT2D eigenvalue weighted by molar-refractivity contribution is 5.93. The minimum Gasteiger partial charge on any atom is -0.481 e. The topological polar surface area (TPSA) is 83.9 Å². The van der Waals surface area contributed by atoms with Crippen LogP contribution in [0.25, 0.3) is 0 Å². The smallest absolute Gasteiger partial charge is 0.325 e. The highest BCUT2D eigenvalue weighted by Crippen LogP contribution is 2.59. The Morgan fingerprint density at radius 3 is 2.20 bits per heavy atom. The van der Waals surface area contributed by atoms with E-state index in [1.807, 2.05) is 6.92 Å². The van der Waals surface area contributed by atoms with Crippen molar-refractivity contribution >= 4 is 17.8 Å². The molecule has 0 aromatic rings. The molecule has 0 heterocycles. The molecular formula is C14H23NO5. The fraction of sp³-hybridized carbons (Fsp3) is 0.786. The Morgan fingerprint density at radius 1 is 1.20 bits per heavy atom. The predicted octanol–water partition coefficient (Wildman–Crippen LogP) is 1.14. The zero-order chi connectivity index (χ0) is 15.5. The van der Waals surface area contributed by atoms with E-state index in [-0.39, 0.29) is 19.1 Å². The lowest BCUT2D eigenvalue weighted by Gasteiger charge is -2.21. The van der Waals surface area contributed by atoms with E-state index in [1.165, 1.54) is 4.90 Å². The summed E-state index contributed by atoms with van der Waals surface area (Å²) in [5.41, 5.74) is -0.552. The predicted molar refractivity (Wildman–Crippen MR) is 71.9 cm³/mol. The van der Waals surface area contributed by atoms with Gasteiger partial charge in [0.25, 0.3) is 0 Å². The van der Waals surface area contributed by atoms with Crippen LogP contribution in [0.3, 0.4) is 0 Å². The maximum Gasteiger partial charge on any atom is 0.325 e. The molecule has 1 N–H and O–H groups in total. The highest BCUT2D eigenvalue weighted by Gasteiger charge is 2.66. The van der Waals surface area contributed by atoms with Crippen LogP contribution in [-0.2, 0) is 19.1 Å². The van der Waals surface area contributed by atoms with Crippen molar-refractivity contribution in [3.63, 3.8) is 0 Å². The van der Waals surface area contributed by atoms with E-state index in [0.29, 0.717) is 13.0 Å². The first kappa shape index (κ1) is 16.5. The second-order valence-corrected chi connectivity index (χ2v) is 5.68. The third kappa shape index (κ3) is 3.29. The van der Waals surface area contributed by atoms with Crippen molar-refractivity contribution in [2.24, 2.45) is 17.3 Å². The Morgan fingerprint density at radius 2 is 1.80 bits per heavy atom. The van der Waals surface area contributed by atoms with Gasteiger partial charge in [-0.05, 0) is 18.8 Å². The van der Waals surface area contributed by atoms with Crippen LogP contribution in [0.5, 0.6) is 0 Å². The molecule has 2 atom stereocenters. The normalized spacial score (nSPS) is 23.0. The SMILES string of the molecule is CCCN(CC(=O)OCC)C(=O)C1C(C(=O)O)C1(C)C. The summed E-state index contributed by atoms with van der Waals surface area (Å²) in [6.07, 6.45) is 0.704. The Kier molecular flexibility index (Phi) is 5.14. The van der Waals surface area contributed by atoms with Gasteiger partial charge in [0.2, 0.25) is 5.91 Å². The number of ether oxygens (including phenoxy) is 1. The molecule has 1 aliphatic carbocycles. The first-order valence-corrected chi connectivity index (χ1v) is 6.94. The van der Waals surface area contributed by atoms with Gasteiger partial charge >= 0.3 is 11.9 Å². The largest absolute Gasteiger partial charge is 0.481 e. The highest BCUT2D eigenvalue weighted by atomic mass is 16.5. The van der Waals surface area contributed by atoms with Crippen molar-refractivity contribution in [2.45, 2.75) is 34.1 Å². The molecule has 1 rings (SSSR count). The maximum absolute atomic E-state index is 12.4. The average Bonchev–Trinajstić information content (AvgIpc) is 2.91. The van der Waals surface area contributed by atoms with Crippen molar-refractivity contribution in [1.29, 1.82) is 0 Å². The summed E-state index contributed by atoms with van der Waals surface area (Å²) >= 11 is 0. The first-order valence-electron chi connectivity index (χ1n) is 6.94. The fourth-order valence-corrected chi connectivity index (χ4v) is 2.66. The Labute approximate surface area is 119 Å². The van der Waals surface area contributed by atoms with Crippen molar-refractivity contribution in [2.75, 3.05) is 19.7 Å². The lowest BCUT2D eigenvalue weighted by atomic mass is 10.1. The van der Waals surface area contributed by atoms with Gasteiger partial charge in [0.05, 0.1) is 18.4 Å². The molecule has 1 fully saturated rings. The number of hydrogen-bond acceptors (Lipinski definition) is 4. The number of carbonyl (C=O) groups is 3. The van der Waals surface area contributed by atoms with Crippen molar-refractivity contribution in [3.8, 4) is 0 Å². The van der Waals surface area contributed by atoms with Crippen molar-refractivity contribution in [3.05, 3.63) is 0 Å².